The topological polar surface area (TPSA) is 60.7 Å². The Hall–Kier alpha value is -1.33. The lowest BCUT2D eigenvalue weighted by molar-refractivity contribution is -0.181. The van der Waals surface area contributed by atoms with Gasteiger partial charge in [-0.05, 0) is 25.8 Å². The zero-order chi connectivity index (χ0) is 13.3. The first-order chi connectivity index (χ1) is 9.19. The van der Waals surface area contributed by atoms with Gasteiger partial charge in [0.1, 0.15) is 5.76 Å². The molecular formula is C14H19NO4. The lowest BCUT2D eigenvalue weighted by atomic mass is 9.89. The average Bonchev–Trinajstić information content (AvgIpc) is 2.99. The third kappa shape index (κ3) is 2.53. The molecule has 2 fully saturated rings. The summed E-state index contributed by atoms with van der Waals surface area (Å²) in [5, 5.41) is 3.05. The molecule has 1 saturated heterocycles. The van der Waals surface area contributed by atoms with E-state index in [1.165, 1.54) is 6.26 Å². The van der Waals surface area contributed by atoms with E-state index < -0.39 is 5.79 Å². The fourth-order valence-electron chi connectivity index (χ4n) is 2.96. The molecule has 1 atom stereocenters. The van der Waals surface area contributed by atoms with E-state index in [9.17, 15) is 4.79 Å². The van der Waals surface area contributed by atoms with E-state index in [-0.39, 0.29) is 11.9 Å². The van der Waals surface area contributed by atoms with Crippen LogP contribution >= 0.6 is 0 Å². The monoisotopic (exact) mass is 265 g/mol. The van der Waals surface area contributed by atoms with Gasteiger partial charge in [0.05, 0.1) is 25.0 Å². The lowest BCUT2D eigenvalue weighted by Gasteiger charge is -2.36. The zero-order valence-corrected chi connectivity index (χ0v) is 11.1. The molecule has 5 heteroatoms. The standard InChI is InChI=1S/C14H19NO4/c1-10-12(4-6-17-10)13(16)15-11-3-2-5-14(9-11)18-7-8-19-14/h4,6,11H,2-3,5,7-9H2,1H3,(H,15,16)/t11-/m1/s1. The zero-order valence-electron chi connectivity index (χ0n) is 11.1. The third-order valence-corrected chi connectivity index (χ3v) is 3.92. The van der Waals surface area contributed by atoms with Gasteiger partial charge in [0.2, 0.25) is 0 Å². The maximum Gasteiger partial charge on any atom is 0.255 e. The fraction of sp³-hybridized carbons (Fsp3) is 0.643. The van der Waals surface area contributed by atoms with E-state index in [4.69, 9.17) is 13.9 Å². The number of hydrogen-bond acceptors (Lipinski definition) is 4. The van der Waals surface area contributed by atoms with Crippen LogP contribution in [0.2, 0.25) is 0 Å². The predicted molar refractivity (Wildman–Crippen MR) is 67.8 cm³/mol. The molecular weight excluding hydrogens is 246 g/mol. The SMILES string of the molecule is Cc1occc1C(=O)N[C@@H]1CCCC2(C1)OCCO2. The van der Waals surface area contributed by atoms with E-state index >= 15 is 0 Å². The predicted octanol–water partition coefficient (Wildman–Crippen LogP) is 2.00. The molecule has 1 amide bonds. The second-order valence-corrected chi connectivity index (χ2v) is 5.26. The average molecular weight is 265 g/mol. The number of amides is 1. The fourth-order valence-corrected chi connectivity index (χ4v) is 2.96. The summed E-state index contributed by atoms with van der Waals surface area (Å²) in [6.07, 6.45) is 5.17. The molecule has 1 aliphatic carbocycles. The molecule has 1 N–H and O–H groups in total. The van der Waals surface area contributed by atoms with Crippen LogP contribution in [-0.2, 0) is 9.47 Å². The van der Waals surface area contributed by atoms with Crippen molar-refractivity contribution in [2.24, 2.45) is 0 Å². The minimum atomic E-state index is -0.457. The Labute approximate surface area is 112 Å². The Morgan fingerprint density at radius 3 is 2.89 bits per heavy atom. The van der Waals surface area contributed by atoms with Gasteiger partial charge in [0, 0.05) is 18.9 Å². The van der Waals surface area contributed by atoms with Gasteiger partial charge in [-0.1, -0.05) is 0 Å². The molecule has 1 spiro atoms. The molecule has 2 aliphatic rings. The van der Waals surface area contributed by atoms with E-state index in [2.05, 4.69) is 5.32 Å². The first-order valence-electron chi connectivity index (χ1n) is 6.81. The van der Waals surface area contributed by atoms with Crippen molar-refractivity contribution < 1.29 is 18.7 Å². The van der Waals surface area contributed by atoms with Gasteiger partial charge in [-0.15, -0.1) is 0 Å². The van der Waals surface area contributed by atoms with Crippen LogP contribution in [0.25, 0.3) is 0 Å². The van der Waals surface area contributed by atoms with Crippen LogP contribution in [0, 0.1) is 6.92 Å². The first-order valence-corrected chi connectivity index (χ1v) is 6.81. The van der Waals surface area contributed by atoms with Crippen molar-refractivity contribution in [1.82, 2.24) is 5.32 Å². The number of carbonyl (C=O) groups is 1. The van der Waals surface area contributed by atoms with Gasteiger partial charge in [-0.25, -0.2) is 0 Å². The van der Waals surface area contributed by atoms with E-state index in [1.54, 1.807) is 13.0 Å². The molecule has 104 valence electrons. The number of nitrogens with one attached hydrogen (secondary N) is 1. The van der Waals surface area contributed by atoms with Crippen molar-refractivity contribution in [2.45, 2.75) is 44.4 Å². The number of carbonyl (C=O) groups excluding carboxylic acids is 1. The van der Waals surface area contributed by atoms with Crippen molar-refractivity contribution in [1.29, 1.82) is 0 Å². The van der Waals surface area contributed by atoms with Crippen molar-refractivity contribution in [2.75, 3.05) is 13.2 Å². The van der Waals surface area contributed by atoms with Gasteiger partial charge in [-0.3, -0.25) is 4.79 Å². The summed E-state index contributed by atoms with van der Waals surface area (Å²) in [6.45, 7) is 3.10. The van der Waals surface area contributed by atoms with Crippen LogP contribution < -0.4 is 5.32 Å². The summed E-state index contributed by atoms with van der Waals surface area (Å²) in [5.41, 5.74) is 0.605. The van der Waals surface area contributed by atoms with Crippen LogP contribution in [0.1, 0.15) is 41.8 Å². The van der Waals surface area contributed by atoms with E-state index in [0.717, 1.165) is 25.7 Å². The molecule has 5 nitrogen and oxygen atoms in total. The number of ether oxygens (including phenoxy) is 2. The summed E-state index contributed by atoms with van der Waals surface area (Å²) in [6, 6.07) is 1.81. The van der Waals surface area contributed by atoms with Crippen molar-refractivity contribution in [3.8, 4) is 0 Å². The number of rotatable bonds is 2. The molecule has 1 aromatic heterocycles. The Kier molecular flexibility index (Phi) is 3.33. The summed E-state index contributed by atoms with van der Waals surface area (Å²) in [7, 11) is 0. The highest BCUT2D eigenvalue weighted by Crippen LogP contribution is 2.35. The number of aryl methyl sites for hydroxylation is 1. The minimum absolute atomic E-state index is 0.0775. The largest absolute Gasteiger partial charge is 0.469 e. The van der Waals surface area contributed by atoms with Gasteiger partial charge in [0.25, 0.3) is 5.91 Å². The maximum atomic E-state index is 12.1. The summed E-state index contributed by atoms with van der Waals surface area (Å²) >= 11 is 0. The third-order valence-electron chi connectivity index (χ3n) is 3.92. The highest BCUT2D eigenvalue weighted by Gasteiger charge is 2.41. The second-order valence-electron chi connectivity index (χ2n) is 5.26. The number of furan rings is 1. The highest BCUT2D eigenvalue weighted by molar-refractivity contribution is 5.95. The van der Waals surface area contributed by atoms with Gasteiger partial charge in [0.15, 0.2) is 5.79 Å². The van der Waals surface area contributed by atoms with Crippen molar-refractivity contribution in [3.05, 3.63) is 23.7 Å². The van der Waals surface area contributed by atoms with Crippen molar-refractivity contribution >= 4 is 5.91 Å². The molecule has 1 aromatic rings. The van der Waals surface area contributed by atoms with Gasteiger partial charge < -0.3 is 19.2 Å². The Balaban J connectivity index is 1.63. The Bertz CT molecular complexity index is 462. The second kappa shape index (κ2) is 4.98. The maximum absolute atomic E-state index is 12.1. The Morgan fingerprint density at radius 2 is 2.21 bits per heavy atom. The molecule has 0 aromatic carbocycles. The van der Waals surface area contributed by atoms with Gasteiger partial charge >= 0.3 is 0 Å². The number of hydrogen-bond donors (Lipinski definition) is 1. The van der Waals surface area contributed by atoms with Crippen molar-refractivity contribution in [3.63, 3.8) is 0 Å². The summed E-state index contributed by atoms with van der Waals surface area (Å²) < 4.78 is 16.6. The molecule has 1 saturated carbocycles. The quantitative estimate of drug-likeness (QED) is 0.888. The molecule has 19 heavy (non-hydrogen) atoms. The first kappa shape index (κ1) is 12.7. The molecule has 0 unspecified atom stereocenters. The van der Waals surface area contributed by atoms with Crippen LogP contribution in [0.15, 0.2) is 16.7 Å². The normalized spacial score (nSPS) is 25.6. The molecule has 0 radical (unpaired) electrons. The van der Waals surface area contributed by atoms with E-state index in [0.29, 0.717) is 24.5 Å². The van der Waals surface area contributed by atoms with Crippen LogP contribution in [0.4, 0.5) is 0 Å². The minimum Gasteiger partial charge on any atom is -0.469 e. The highest BCUT2D eigenvalue weighted by atomic mass is 16.7. The molecule has 0 bridgehead atoms. The lowest BCUT2D eigenvalue weighted by Crippen LogP contribution is -2.46. The van der Waals surface area contributed by atoms with Crippen LogP contribution in [0.5, 0.6) is 0 Å². The molecule has 3 rings (SSSR count). The summed E-state index contributed by atoms with van der Waals surface area (Å²) in [4.78, 5) is 12.1. The Morgan fingerprint density at radius 1 is 1.42 bits per heavy atom. The molecule has 2 heterocycles. The van der Waals surface area contributed by atoms with Gasteiger partial charge in [-0.2, -0.15) is 0 Å². The summed E-state index contributed by atoms with van der Waals surface area (Å²) in [5.74, 6) is 0.115. The molecule has 1 aliphatic heterocycles. The van der Waals surface area contributed by atoms with Crippen LogP contribution in [0.3, 0.4) is 0 Å². The van der Waals surface area contributed by atoms with Crippen LogP contribution in [-0.4, -0.2) is 30.9 Å². The smallest absolute Gasteiger partial charge is 0.255 e. The van der Waals surface area contributed by atoms with E-state index in [1.807, 2.05) is 0 Å².